The zero-order valence-electron chi connectivity index (χ0n) is 9.17. The van der Waals surface area contributed by atoms with E-state index in [1.165, 1.54) is 23.0 Å². The van der Waals surface area contributed by atoms with Gasteiger partial charge in [-0.25, -0.2) is 14.2 Å². The molecule has 0 amide bonds. The van der Waals surface area contributed by atoms with Crippen molar-refractivity contribution in [3.63, 3.8) is 0 Å². The second kappa shape index (κ2) is 4.37. The summed E-state index contributed by atoms with van der Waals surface area (Å²) in [7, 11) is 0. The summed E-state index contributed by atoms with van der Waals surface area (Å²) in [6.45, 7) is 1.57. The van der Waals surface area contributed by atoms with Gasteiger partial charge in [0.05, 0.1) is 18.2 Å². The lowest BCUT2D eigenvalue weighted by Gasteiger charge is -2.12. The van der Waals surface area contributed by atoms with Gasteiger partial charge in [0.2, 0.25) is 0 Å². The Kier molecular flexibility index (Phi) is 2.91. The van der Waals surface area contributed by atoms with E-state index in [0.717, 1.165) is 5.56 Å². The first-order valence-corrected chi connectivity index (χ1v) is 5.10. The van der Waals surface area contributed by atoms with Crippen LogP contribution < -0.4 is 0 Å². The number of imidazole rings is 1. The third-order valence-corrected chi connectivity index (χ3v) is 2.58. The number of carboxylic acids is 1. The van der Waals surface area contributed by atoms with Gasteiger partial charge in [-0.1, -0.05) is 0 Å². The number of carboxylic acid groups (broad SMARTS) is 1. The summed E-state index contributed by atoms with van der Waals surface area (Å²) in [6.07, 6.45) is 3.02. The lowest BCUT2D eigenvalue weighted by molar-refractivity contribution is -0.140. The standard InChI is InChI=1S/C12H11FN2O2/c1-8(12(16)17)15-7-14-6-11(15)9-2-4-10(13)5-3-9/h2-8H,1H3,(H,16,17). The van der Waals surface area contributed by atoms with Crippen molar-refractivity contribution >= 4 is 5.97 Å². The monoisotopic (exact) mass is 234 g/mol. The second-order valence-corrected chi connectivity index (χ2v) is 3.71. The molecule has 1 heterocycles. The molecule has 0 bridgehead atoms. The number of halogens is 1. The number of hydrogen-bond acceptors (Lipinski definition) is 2. The van der Waals surface area contributed by atoms with Crippen molar-refractivity contribution in [3.05, 3.63) is 42.6 Å². The summed E-state index contributed by atoms with van der Waals surface area (Å²) >= 11 is 0. The van der Waals surface area contributed by atoms with Gasteiger partial charge in [0.15, 0.2) is 0 Å². The van der Waals surface area contributed by atoms with Crippen molar-refractivity contribution in [1.82, 2.24) is 9.55 Å². The summed E-state index contributed by atoms with van der Waals surface area (Å²) in [5.74, 6) is -1.27. The molecule has 0 spiro atoms. The van der Waals surface area contributed by atoms with Crippen LogP contribution in [0.5, 0.6) is 0 Å². The molecule has 2 aromatic rings. The molecule has 0 radical (unpaired) electrons. The molecule has 0 aliphatic heterocycles. The minimum atomic E-state index is -0.939. The molecule has 0 fully saturated rings. The number of rotatable bonds is 3. The van der Waals surface area contributed by atoms with E-state index in [9.17, 15) is 9.18 Å². The summed E-state index contributed by atoms with van der Waals surface area (Å²) in [4.78, 5) is 14.9. The molecule has 0 saturated carbocycles. The van der Waals surface area contributed by atoms with Crippen LogP contribution in [0, 0.1) is 5.82 Å². The van der Waals surface area contributed by atoms with Gasteiger partial charge in [-0.15, -0.1) is 0 Å². The summed E-state index contributed by atoms with van der Waals surface area (Å²) in [5, 5.41) is 8.96. The topological polar surface area (TPSA) is 55.1 Å². The van der Waals surface area contributed by atoms with E-state index in [0.29, 0.717) is 5.69 Å². The molecule has 2 rings (SSSR count). The van der Waals surface area contributed by atoms with Gasteiger partial charge < -0.3 is 9.67 Å². The van der Waals surface area contributed by atoms with Crippen LogP contribution >= 0.6 is 0 Å². The van der Waals surface area contributed by atoms with Crippen molar-refractivity contribution in [1.29, 1.82) is 0 Å². The van der Waals surface area contributed by atoms with Gasteiger partial charge in [0.1, 0.15) is 11.9 Å². The van der Waals surface area contributed by atoms with Crippen LogP contribution in [0.1, 0.15) is 13.0 Å². The van der Waals surface area contributed by atoms with E-state index in [1.807, 2.05) is 0 Å². The lowest BCUT2D eigenvalue weighted by atomic mass is 10.1. The molecule has 1 atom stereocenters. The number of hydrogen-bond donors (Lipinski definition) is 1. The Labute approximate surface area is 97.3 Å². The number of benzene rings is 1. The maximum absolute atomic E-state index is 12.8. The number of carbonyl (C=O) groups is 1. The van der Waals surface area contributed by atoms with Crippen LogP contribution in [-0.4, -0.2) is 20.6 Å². The molecule has 17 heavy (non-hydrogen) atoms. The SMILES string of the molecule is CC(C(=O)O)n1cncc1-c1ccc(F)cc1. The predicted octanol–water partition coefficient (Wildman–Crippen LogP) is 2.33. The first-order chi connectivity index (χ1) is 8.09. The highest BCUT2D eigenvalue weighted by Crippen LogP contribution is 2.22. The molecule has 1 aromatic carbocycles. The molecule has 1 N–H and O–H groups in total. The Hall–Kier alpha value is -2.17. The van der Waals surface area contributed by atoms with Crippen molar-refractivity contribution in [3.8, 4) is 11.3 Å². The molecule has 0 aliphatic rings. The van der Waals surface area contributed by atoms with Gasteiger partial charge >= 0.3 is 5.97 Å². The van der Waals surface area contributed by atoms with Crippen LogP contribution in [0.15, 0.2) is 36.8 Å². The molecule has 1 unspecified atom stereocenters. The average Bonchev–Trinajstić information content (AvgIpc) is 2.77. The van der Waals surface area contributed by atoms with Gasteiger partial charge in [0.25, 0.3) is 0 Å². The van der Waals surface area contributed by atoms with Crippen LogP contribution in [-0.2, 0) is 4.79 Å². The Balaban J connectivity index is 2.43. The highest BCUT2D eigenvalue weighted by molar-refractivity contribution is 5.73. The molecule has 5 heteroatoms. The van der Waals surface area contributed by atoms with E-state index in [2.05, 4.69) is 4.98 Å². The van der Waals surface area contributed by atoms with Gasteiger partial charge in [-0.2, -0.15) is 0 Å². The fourth-order valence-electron chi connectivity index (χ4n) is 1.58. The van der Waals surface area contributed by atoms with E-state index in [-0.39, 0.29) is 5.82 Å². The Morgan fingerprint density at radius 1 is 1.41 bits per heavy atom. The van der Waals surface area contributed by atoms with Gasteiger partial charge in [-0.05, 0) is 36.8 Å². The van der Waals surface area contributed by atoms with Crippen LogP contribution in [0.25, 0.3) is 11.3 Å². The molecule has 0 saturated heterocycles. The molecule has 1 aromatic heterocycles. The fourth-order valence-corrected chi connectivity index (χ4v) is 1.58. The third-order valence-electron chi connectivity index (χ3n) is 2.58. The fraction of sp³-hybridized carbons (Fsp3) is 0.167. The largest absolute Gasteiger partial charge is 0.480 e. The molecule has 4 nitrogen and oxygen atoms in total. The normalized spacial score (nSPS) is 12.4. The molecule has 88 valence electrons. The van der Waals surface area contributed by atoms with E-state index in [4.69, 9.17) is 5.11 Å². The highest BCUT2D eigenvalue weighted by atomic mass is 19.1. The summed E-state index contributed by atoms with van der Waals surface area (Å²) in [6, 6.07) is 5.14. The number of aliphatic carboxylic acids is 1. The zero-order valence-corrected chi connectivity index (χ0v) is 9.17. The number of nitrogens with zero attached hydrogens (tertiary/aromatic N) is 2. The Morgan fingerprint density at radius 3 is 2.65 bits per heavy atom. The molecular formula is C12H11FN2O2. The van der Waals surface area contributed by atoms with E-state index < -0.39 is 12.0 Å². The van der Waals surface area contributed by atoms with Crippen LogP contribution in [0.3, 0.4) is 0 Å². The van der Waals surface area contributed by atoms with E-state index >= 15 is 0 Å². The Morgan fingerprint density at radius 2 is 2.06 bits per heavy atom. The quantitative estimate of drug-likeness (QED) is 0.886. The predicted molar refractivity (Wildman–Crippen MR) is 60.0 cm³/mol. The van der Waals surface area contributed by atoms with Crippen molar-refractivity contribution in [2.45, 2.75) is 13.0 Å². The van der Waals surface area contributed by atoms with Crippen molar-refractivity contribution in [2.75, 3.05) is 0 Å². The van der Waals surface area contributed by atoms with E-state index in [1.54, 1.807) is 25.3 Å². The average molecular weight is 234 g/mol. The summed E-state index contributed by atoms with van der Waals surface area (Å²) < 4.78 is 14.3. The first-order valence-electron chi connectivity index (χ1n) is 5.10. The van der Waals surface area contributed by atoms with Gasteiger partial charge in [-0.3, -0.25) is 0 Å². The minimum Gasteiger partial charge on any atom is -0.480 e. The van der Waals surface area contributed by atoms with Crippen LogP contribution in [0.4, 0.5) is 4.39 Å². The smallest absolute Gasteiger partial charge is 0.326 e. The number of aromatic nitrogens is 2. The Bertz CT molecular complexity index is 534. The second-order valence-electron chi connectivity index (χ2n) is 3.71. The third kappa shape index (κ3) is 2.18. The van der Waals surface area contributed by atoms with Crippen molar-refractivity contribution < 1.29 is 14.3 Å². The summed E-state index contributed by atoms with van der Waals surface area (Å²) in [5.41, 5.74) is 1.39. The van der Waals surface area contributed by atoms with Crippen molar-refractivity contribution in [2.24, 2.45) is 0 Å². The van der Waals surface area contributed by atoms with Crippen LogP contribution in [0.2, 0.25) is 0 Å². The molecule has 0 aliphatic carbocycles. The van der Waals surface area contributed by atoms with Gasteiger partial charge in [0, 0.05) is 0 Å². The minimum absolute atomic E-state index is 0.328. The lowest BCUT2D eigenvalue weighted by Crippen LogP contribution is -2.15. The maximum Gasteiger partial charge on any atom is 0.326 e. The zero-order chi connectivity index (χ0) is 12.4. The maximum atomic E-state index is 12.8. The highest BCUT2D eigenvalue weighted by Gasteiger charge is 2.16. The first kappa shape index (κ1) is 11.3. The molecular weight excluding hydrogens is 223 g/mol.